The fraction of sp³-hybridized carbons (Fsp3) is 0.389. The van der Waals surface area contributed by atoms with Crippen LogP contribution in [0.5, 0.6) is 5.75 Å². The van der Waals surface area contributed by atoms with Crippen molar-refractivity contribution in [3.05, 3.63) is 47.2 Å². The van der Waals surface area contributed by atoms with Gasteiger partial charge in [0.25, 0.3) is 5.91 Å². The standard InChI is InChI=1S/C18H21ClN4O3/c1-26-16-5-3-2-4-15(16)18(25)22-10-8-21(9-11-22)17(24)6-7-23-13-14(19)12-20-23/h2-5,12-13H,6-11H2,1H3. The van der Waals surface area contributed by atoms with E-state index < -0.39 is 0 Å². The number of piperazine rings is 1. The molecular formula is C18H21ClN4O3. The van der Waals surface area contributed by atoms with Gasteiger partial charge >= 0.3 is 0 Å². The van der Waals surface area contributed by atoms with E-state index in [0.29, 0.717) is 55.5 Å². The minimum absolute atomic E-state index is 0.0565. The van der Waals surface area contributed by atoms with E-state index in [0.717, 1.165) is 0 Å². The quantitative estimate of drug-likeness (QED) is 0.799. The Kier molecular flexibility index (Phi) is 5.78. The molecule has 8 heteroatoms. The fourth-order valence-electron chi connectivity index (χ4n) is 2.98. The maximum atomic E-state index is 12.7. The zero-order valence-corrected chi connectivity index (χ0v) is 15.4. The van der Waals surface area contributed by atoms with Gasteiger partial charge < -0.3 is 14.5 Å². The summed E-state index contributed by atoms with van der Waals surface area (Å²) in [4.78, 5) is 28.6. The lowest BCUT2D eigenvalue weighted by atomic mass is 10.1. The molecule has 0 saturated carbocycles. The Morgan fingerprint density at radius 2 is 1.85 bits per heavy atom. The summed E-state index contributed by atoms with van der Waals surface area (Å²) in [6, 6.07) is 7.18. The first kappa shape index (κ1) is 18.3. The van der Waals surface area contributed by atoms with Crippen molar-refractivity contribution in [1.29, 1.82) is 0 Å². The number of amides is 2. The van der Waals surface area contributed by atoms with Gasteiger partial charge in [0.2, 0.25) is 5.91 Å². The number of hydrogen-bond acceptors (Lipinski definition) is 4. The number of para-hydroxylation sites is 1. The van der Waals surface area contributed by atoms with E-state index >= 15 is 0 Å². The van der Waals surface area contributed by atoms with Crippen LogP contribution in [-0.2, 0) is 11.3 Å². The predicted molar refractivity (Wildman–Crippen MR) is 97.3 cm³/mol. The van der Waals surface area contributed by atoms with Crippen LogP contribution >= 0.6 is 11.6 Å². The molecule has 0 bridgehead atoms. The number of aromatic nitrogens is 2. The average molecular weight is 377 g/mol. The number of methoxy groups -OCH3 is 1. The summed E-state index contributed by atoms with van der Waals surface area (Å²) in [5.74, 6) is 0.552. The molecule has 2 amide bonds. The van der Waals surface area contributed by atoms with Crippen molar-refractivity contribution >= 4 is 23.4 Å². The van der Waals surface area contributed by atoms with E-state index in [1.807, 2.05) is 12.1 Å². The van der Waals surface area contributed by atoms with Gasteiger partial charge in [-0.3, -0.25) is 14.3 Å². The first-order valence-electron chi connectivity index (χ1n) is 8.46. The third kappa shape index (κ3) is 4.16. The molecule has 0 radical (unpaired) electrons. The molecule has 0 unspecified atom stereocenters. The summed E-state index contributed by atoms with van der Waals surface area (Å²) in [5, 5.41) is 4.62. The van der Waals surface area contributed by atoms with Gasteiger partial charge in [-0.25, -0.2) is 0 Å². The molecule has 1 aliphatic heterocycles. The van der Waals surface area contributed by atoms with Gasteiger partial charge in [-0.05, 0) is 12.1 Å². The molecule has 0 spiro atoms. The lowest BCUT2D eigenvalue weighted by Gasteiger charge is -2.35. The molecule has 26 heavy (non-hydrogen) atoms. The van der Waals surface area contributed by atoms with Crippen molar-refractivity contribution in [2.45, 2.75) is 13.0 Å². The Morgan fingerprint density at radius 3 is 2.50 bits per heavy atom. The van der Waals surface area contributed by atoms with Gasteiger partial charge in [0.1, 0.15) is 5.75 Å². The number of carbonyl (C=O) groups excluding carboxylic acids is 2. The topological polar surface area (TPSA) is 67.7 Å². The van der Waals surface area contributed by atoms with Crippen molar-refractivity contribution in [3.8, 4) is 5.75 Å². The predicted octanol–water partition coefficient (Wildman–Crippen LogP) is 1.92. The molecule has 0 aliphatic carbocycles. The second kappa shape index (κ2) is 8.23. The molecule has 3 rings (SSSR count). The van der Waals surface area contributed by atoms with E-state index in [-0.39, 0.29) is 11.8 Å². The third-order valence-electron chi connectivity index (χ3n) is 4.41. The molecule has 1 aromatic heterocycles. The number of halogens is 1. The molecule has 2 heterocycles. The molecule has 1 aliphatic rings. The summed E-state index contributed by atoms with van der Waals surface area (Å²) in [6.07, 6.45) is 3.60. The summed E-state index contributed by atoms with van der Waals surface area (Å²) in [5.41, 5.74) is 0.547. The zero-order chi connectivity index (χ0) is 18.5. The first-order valence-corrected chi connectivity index (χ1v) is 8.84. The molecule has 7 nitrogen and oxygen atoms in total. The molecule has 1 saturated heterocycles. The molecule has 0 atom stereocenters. The highest BCUT2D eigenvalue weighted by Crippen LogP contribution is 2.20. The minimum Gasteiger partial charge on any atom is -0.496 e. The van der Waals surface area contributed by atoms with Crippen LogP contribution in [0.2, 0.25) is 5.02 Å². The number of rotatable bonds is 5. The lowest BCUT2D eigenvalue weighted by Crippen LogP contribution is -2.50. The summed E-state index contributed by atoms with van der Waals surface area (Å²) < 4.78 is 6.92. The van der Waals surface area contributed by atoms with Gasteiger partial charge in [-0.2, -0.15) is 5.10 Å². The number of aryl methyl sites for hydroxylation is 1. The van der Waals surface area contributed by atoms with Gasteiger partial charge in [0, 0.05) is 45.3 Å². The van der Waals surface area contributed by atoms with E-state index in [1.54, 1.807) is 46.1 Å². The summed E-state index contributed by atoms with van der Waals surface area (Å²) in [6.45, 7) is 2.57. The van der Waals surface area contributed by atoms with Crippen molar-refractivity contribution in [3.63, 3.8) is 0 Å². The van der Waals surface area contributed by atoms with Crippen molar-refractivity contribution in [1.82, 2.24) is 19.6 Å². The van der Waals surface area contributed by atoms with Crippen LogP contribution in [0.25, 0.3) is 0 Å². The Morgan fingerprint density at radius 1 is 1.15 bits per heavy atom. The van der Waals surface area contributed by atoms with E-state index in [9.17, 15) is 9.59 Å². The molecule has 2 aromatic rings. The van der Waals surface area contributed by atoms with Crippen molar-refractivity contribution < 1.29 is 14.3 Å². The van der Waals surface area contributed by atoms with Crippen LogP contribution in [-0.4, -0.2) is 64.7 Å². The van der Waals surface area contributed by atoms with Gasteiger partial charge in [0.05, 0.1) is 23.9 Å². The number of hydrogen-bond donors (Lipinski definition) is 0. The number of carbonyl (C=O) groups is 2. The van der Waals surface area contributed by atoms with Crippen LogP contribution in [0.15, 0.2) is 36.7 Å². The minimum atomic E-state index is -0.0688. The van der Waals surface area contributed by atoms with Crippen LogP contribution < -0.4 is 4.74 Å². The van der Waals surface area contributed by atoms with E-state index in [2.05, 4.69) is 5.10 Å². The van der Waals surface area contributed by atoms with Gasteiger partial charge in [-0.15, -0.1) is 0 Å². The highest BCUT2D eigenvalue weighted by atomic mass is 35.5. The second-order valence-corrected chi connectivity index (χ2v) is 6.48. The zero-order valence-electron chi connectivity index (χ0n) is 14.6. The SMILES string of the molecule is COc1ccccc1C(=O)N1CCN(C(=O)CCn2cc(Cl)cn2)CC1. The number of ether oxygens (including phenoxy) is 1. The Bertz CT molecular complexity index is 784. The van der Waals surface area contributed by atoms with Crippen molar-refractivity contribution in [2.24, 2.45) is 0 Å². The highest BCUT2D eigenvalue weighted by molar-refractivity contribution is 6.30. The van der Waals surface area contributed by atoms with E-state index in [1.165, 1.54) is 0 Å². The molecular weight excluding hydrogens is 356 g/mol. The normalized spacial score (nSPS) is 14.4. The average Bonchev–Trinajstić information content (AvgIpc) is 3.11. The molecule has 138 valence electrons. The van der Waals surface area contributed by atoms with Crippen LogP contribution in [0.1, 0.15) is 16.8 Å². The molecule has 1 fully saturated rings. The monoisotopic (exact) mass is 376 g/mol. The van der Waals surface area contributed by atoms with Gasteiger partial charge in [-0.1, -0.05) is 23.7 Å². The van der Waals surface area contributed by atoms with Crippen LogP contribution in [0.4, 0.5) is 0 Å². The highest BCUT2D eigenvalue weighted by Gasteiger charge is 2.26. The van der Waals surface area contributed by atoms with Crippen LogP contribution in [0, 0.1) is 0 Å². The van der Waals surface area contributed by atoms with Crippen LogP contribution in [0.3, 0.4) is 0 Å². The fourth-order valence-corrected chi connectivity index (χ4v) is 3.14. The number of benzene rings is 1. The molecule has 1 aromatic carbocycles. The largest absolute Gasteiger partial charge is 0.496 e. The van der Waals surface area contributed by atoms with E-state index in [4.69, 9.17) is 16.3 Å². The van der Waals surface area contributed by atoms with Crippen molar-refractivity contribution in [2.75, 3.05) is 33.3 Å². The summed E-state index contributed by atoms with van der Waals surface area (Å²) >= 11 is 5.82. The Balaban J connectivity index is 1.52. The lowest BCUT2D eigenvalue weighted by molar-refractivity contribution is -0.132. The number of nitrogens with zero attached hydrogens (tertiary/aromatic N) is 4. The molecule has 0 N–H and O–H groups in total. The maximum absolute atomic E-state index is 12.7. The second-order valence-electron chi connectivity index (χ2n) is 6.04. The van der Waals surface area contributed by atoms with Gasteiger partial charge in [0.15, 0.2) is 0 Å². The third-order valence-corrected chi connectivity index (χ3v) is 4.61. The first-order chi connectivity index (χ1) is 12.6. The smallest absolute Gasteiger partial charge is 0.257 e. The maximum Gasteiger partial charge on any atom is 0.257 e. The summed E-state index contributed by atoms with van der Waals surface area (Å²) in [7, 11) is 1.55. The Hall–Kier alpha value is -2.54. The Labute approximate surface area is 157 Å².